The monoisotopic (exact) mass is 425 g/mol. The predicted molar refractivity (Wildman–Crippen MR) is 101 cm³/mol. The molecule has 1 unspecified atom stereocenters. The zero-order valence-corrected chi connectivity index (χ0v) is 16.0. The molecule has 1 aliphatic heterocycles. The van der Waals surface area contributed by atoms with E-state index in [2.05, 4.69) is 21.2 Å². The van der Waals surface area contributed by atoms with Gasteiger partial charge in [-0.05, 0) is 36.8 Å². The van der Waals surface area contributed by atoms with Gasteiger partial charge in [0.25, 0.3) is 0 Å². The molecule has 0 aromatic heterocycles. The highest BCUT2D eigenvalue weighted by Gasteiger charge is 2.17. The van der Waals surface area contributed by atoms with Crippen molar-refractivity contribution in [2.24, 2.45) is 0 Å². The van der Waals surface area contributed by atoms with E-state index < -0.39 is 0 Å². The molecular weight excluding hydrogens is 409 g/mol. The van der Waals surface area contributed by atoms with Gasteiger partial charge in [0.15, 0.2) is 11.5 Å². The second-order valence-corrected chi connectivity index (χ2v) is 7.78. The van der Waals surface area contributed by atoms with Crippen LogP contribution in [-0.2, 0) is 10.5 Å². The van der Waals surface area contributed by atoms with Gasteiger partial charge in [-0.1, -0.05) is 22.0 Å². The van der Waals surface area contributed by atoms with Gasteiger partial charge in [-0.15, -0.1) is 11.8 Å². The molecule has 4 nitrogen and oxygen atoms in total. The van der Waals surface area contributed by atoms with Gasteiger partial charge in [0.05, 0.1) is 5.25 Å². The summed E-state index contributed by atoms with van der Waals surface area (Å²) in [5.74, 6) is 1.31. The topological polar surface area (TPSA) is 47.6 Å². The molecule has 132 valence electrons. The molecule has 1 atom stereocenters. The largest absolute Gasteiger partial charge is 0.486 e. The number of hydrogen-bond donors (Lipinski definition) is 1. The Morgan fingerprint density at radius 1 is 1.24 bits per heavy atom. The van der Waals surface area contributed by atoms with Gasteiger partial charge in [-0.25, -0.2) is 4.39 Å². The lowest BCUT2D eigenvalue weighted by atomic mass is 10.2. The summed E-state index contributed by atoms with van der Waals surface area (Å²) in [6.45, 7) is 2.82. The van der Waals surface area contributed by atoms with Crippen molar-refractivity contribution in [2.75, 3.05) is 18.5 Å². The molecule has 1 amide bonds. The smallest absolute Gasteiger partial charge is 0.237 e. The summed E-state index contributed by atoms with van der Waals surface area (Å²) in [4.78, 5) is 12.3. The molecule has 0 saturated heterocycles. The van der Waals surface area contributed by atoms with Crippen LogP contribution < -0.4 is 14.8 Å². The van der Waals surface area contributed by atoms with E-state index in [-0.39, 0.29) is 17.0 Å². The normalized spacial score (nSPS) is 14.0. The van der Waals surface area contributed by atoms with Crippen molar-refractivity contribution in [1.82, 2.24) is 0 Å². The van der Waals surface area contributed by atoms with E-state index >= 15 is 0 Å². The summed E-state index contributed by atoms with van der Waals surface area (Å²) < 4.78 is 25.5. The van der Waals surface area contributed by atoms with Crippen LogP contribution in [-0.4, -0.2) is 24.4 Å². The van der Waals surface area contributed by atoms with Crippen LogP contribution in [0.2, 0.25) is 0 Å². The van der Waals surface area contributed by atoms with Gasteiger partial charge in [-0.2, -0.15) is 0 Å². The molecule has 2 aromatic rings. The number of ether oxygens (including phenoxy) is 2. The maximum Gasteiger partial charge on any atom is 0.237 e. The Hall–Kier alpha value is -1.73. The quantitative estimate of drug-likeness (QED) is 0.758. The summed E-state index contributed by atoms with van der Waals surface area (Å²) in [6, 6.07) is 10.2. The first-order valence-electron chi connectivity index (χ1n) is 7.79. The van der Waals surface area contributed by atoms with Gasteiger partial charge in [0.1, 0.15) is 19.0 Å². The average molecular weight is 426 g/mol. The summed E-state index contributed by atoms with van der Waals surface area (Å²) in [5, 5.41) is 2.53. The fourth-order valence-electron chi connectivity index (χ4n) is 2.29. The first-order valence-corrected chi connectivity index (χ1v) is 9.63. The second-order valence-electron chi connectivity index (χ2n) is 5.54. The fraction of sp³-hybridized carbons (Fsp3) is 0.278. The van der Waals surface area contributed by atoms with Crippen LogP contribution in [0.1, 0.15) is 12.5 Å². The number of hydrogen-bond acceptors (Lipinski definition) is 4. The van der Waals surface area contributed by atoms with Crippen molar-refractivity contribution in [3.63, 3.8) is 0 Å². The van der Waals surface area contributed by atoms with Crippen molar-refractivity contribution < 1.29 is 18.7 Å². The van der Waals surface area contributed by atoms with Crippen molar-refractivity contribution in [2.45, 2.75) is 17.9 Å². The number of halogens is 2. The molecule has 25 heavy (non-hydrogen) atoms. The SMILES string of the molecule is CC(SCc1ccc(Br)cc1F)C(=O)Nc1ccc2c(c1)OCCO2. The number of thioether (sulfide) groups is 1. The molecule has 2 aromatic carbocycles. The van der Waals surface area contributed by atoms with Gasteiger partial charge in [0, 0.05) is 22.0 Å². The predicted octanol–water partition coefficient (Wildman–Crippen LogP) is 4.62. The summed E-state index contributed by atoms with van der Waals surface area (Å²) in [5.41, 5.74) is 1.23. The van der Waals surface area contributed by atoms with E-state index in [1.54, 1.807) is 37.3 Å². The van der Waals surface area contributed by atoms with Gasteiger partial charge >= 0.3 is 0 Å². The lowest BCUT2D eigenvalue weighted by molar-refractivity contribution is -0.115. The minimum atomic E-state index is -0.323. The molecule has 0 radical (unpaired) electrons. The van der Waals surface area contributed by atoms with Crippen LogP contribution >= 0.6 is 27.7 Å². The zero-order chi connectivity index (χ0) is 17.8. The minimum Gasteiger partial charge on any atom is -0.486 e. The number of nitrogens with one attached hydrogen (secondary N) is 1. The summed E-state index contributed by atoms with van der Waals surface area (Å²) in [7, 11) is 0. The van der Waals surface area contributed by atoms with Gasteiger partial charge < -0.3 is 14.8 Å². The van der Waals surface area contributed by atoms with E-state index in [0.29, 0.717) is 46.2 Å². The van der Waals surface area contributed by atoms with Crippen molar-refractivity contribution in [3.05, 3.63) is 52.3 Å². The molecule has 1 aliphatic rings. The Kier molecular flexibility index (Phi) is 5.86. The van der Waals surface area contributed by atoms with Crippen LogP contribution in [0.25, 0.3) is 0 Å². The highest BCUT2D eigenvalue weighted by molar-refractivity contribution is 9.10. The molecule has 0 fully saturated rings. The first-order chi connectivity index (χ1) is 12.0. The Morgan fingerprint density at radius 3 is 2.76 bits per heavy atom. The molecule has 0 spiro atoms. The van der Waals surface area contributed by atoms with Crippen molar-refractivity contribution >= 4 is 39.3 Å². The standard InChI is InChI=1S/C18H17BrFNO3S/c1-11(25-10-12-2-3-13(19)8-15(12)20)18(22)21-14-4-5-16-17(9-14)24-7-6-23-16/h2-5,8-9,11H,6-7,10H2,1H3,(H,21,22). The van der Waals surface area contributed by atoms with E-state index in [4.69, 9.17) is 9.47 Å². The number of rotatable bonds is 5. The van der Waals surface area contributed by atoms with Crippen LogP contribution in [0.15, 0.2) is 40.9 Å². The Morgan fingerprint density at radius 2 is 2.00 bits per heavy atom. The third kappa shape index (κ3) is 4.67. The van der Waals surface area contributed by atoms with E-state index in [0.717, 1.165) is 0 Å². The number of benzene rings is 2. The third-order valence-electron chi connectivity index (χ3n) is 3.68. The molecule has 1 heterocycles. The van der Waals surface area contributed by atoms with Crippen molar-refractivity contribution in [3.8, 4) is 11.5 Å². The highest BCUT2D eigenvalue weighted by atomic mass is 79.9. The Bertz CT molecular complexity index is 787. The zero-order valence-electron chi connectivity index (χ0n) is 13.6. The van der Waals surface area contributed by atoms with Crippen LogP contribution in [0, 0.1) is 5.82 Å². The maximum absolute atomic E-state index is 13.8. The molecule has 1 N–H and O–H groups in total. The van der Waals surface area contributed by atoms with Gasteiger partial charge in [0.2, 0.25) is 5.91 Å². The van der Waals surface area contributed by atoms with Crippen LogP contribution in [0.3, 0.4) is 0 Å². The fourth-order valence-corrected chi connectivity index (χ4v) is 3.50. The average Bonchev–Trinajstić information content (AvgIpc) is 2.60. The molecule has 7 heteroatoms. The number of anilines is 1. The Balaban J connectivity index is 1.57. The lowest BCUT2D eigenvalue weighted by Gasteiger charge is -2.19. The second kappa shape index (κ2) is 8.10. The maximum atomic E-state index is 13.8. The van der Waals surface area contributed by atoms with E-state index in [1.165, 1.54) is 17.8 Å². The molecular formula is C18H17BrFNO3S. The summed E-state index contributed by atoms with van der Waals surface area (Å²) >= 11 is 4.62. The van der Waals surface area contributed by atoms with Crippen LogP contribution in [0.4, 0.5) is 10.1 Å². The number of carbonyl (C=O) groups excluding carboxylic acids is 1. The number of carbonyl (C=O) groups is 1. The first kappa shape index (κ1) is 18.1. The lowest BCUT2D eigenvalue weighted by Crippen LogP contribution is -2.23. The Labute approximate surface area is 158 Å². The number of fused-ring (bicyclic) bond motifs is 1. The third-order valence-corrected chi connectivity index (χ3v) is 5.37. The van der Waals surface area contributed by atoms with Crippen molar-refractivity contribution in [1.29, 1.82) is 0 Å². The van der Waals surface area contributed by atoms with E-state index in [1.807, 2.05) is 0 Å². The van der Waals surface area contributed by atoms with Gasteiger partial charge in [-0.3, -0.25) is 4.79 Å². The minimum absolute atomic E-state index is 0.140. The molecule has 3 rings (SSSR count). The molecule has 0 bridgehead atoms. The van der Waals surface area contributed by atoms with E-state index in [9.17, 15) is 9.18 Å². The number of amides is 1. The highest BCUT2D eigenvalue weighted by Crippen LogP contribution is 2.33. The van der Waals surface area contributed by atoms with Crippen LogP contribution in [0.5, 0.6) is 11.5 Å². The summed E-state index contributed by atoms with van der Waals surface area (Å²) in [6.07, 6.45) is 0. The molecule has 0 saturated carbocycles. The molecule has 0 aliphatic carbocycles.